The molecule has 0 saturated heterocycles. The van der Waals surface area contributed by atoms with Crippen LogP contribution in [-0.2, 0) is 28.6 Å². The predicted octanol–water partition coefficient (Wildman–Crippen LogP) is 4.06. The van der Waals surface area contributed by atoms with Crippen LogP contribution >= 0.6 is 67.8 Å². The van der Waals surface area contributed by atoms with Crippen molar-refractivity contribution in [1.29, 1.82) is 0 Å². The quantitative estimate of drug-likeness (QED) is 0.168. The highest BCUT2D eigenvalue weighted by atomic mass is 127. The molecule has 0 aromatic heterocycles. The number of amides is 2. The molecule has 1 aromatic rings. The molecule has 1 rings (SSSR count). The monoisotopic (exact) mass is 770 g/mol. The summed E-state index contributed by atoms with van der Waals surface area (Å²) in [6.07, 6.45) is 1.12. The molecule has 1 aromatic carbocycles. The van der Waals surface area contributed by atoms with Crippen molar-refractivity contribution in [3.05, 3.63) is 28.1 Å². The van der Waals surface area contributed by atoms with Gasteiger partial charge in [0.15, 0.2) is 0 Å². The highest BCUT2D eigenvalue weighted by molar-refractivity contribution is 14.1. The Hall–Kier alpha value is -1.17. The normalized spacial score (nSPS) is 10.9. The average molecular weight is 770 g/mol. The molecule has 9 nitrogen and oxygen atoms in total. The van der Waals surface area contributed by atoms with Gasteiger partial charge in [0.25, 0.3) is 0 Å². The molecule has 170 valence electrons. The molecule has 0 bridgehead atoms. The second-order valence-corrected chi connectivity index (χ2v) is 9.04. The van der Waals surface area contributed by atoms with E-state index in [4.69, 9.17) is 14.2 Å². The van der Waals surface area contributed by atoms with Crippen LogP contribution in [-0.4, -0.2) is 43.6 Å². The molecule has 0 radical (unpaired) electrons. The van der Waals surface area contributed by atoms with E-state index >= 15 is 0 Å². The number of anilines is 2. The lowest BCUT2D eigenvalue weighted by Gasteiger charge is -2.19. The molecule has 0 heterocycles. The summed E-state index contributed by atoms with van der Waals surface area (Å²) in [5.74, 6) is -1.85. The zero-order valence-corrected chi connectivity index (χ0v) is 23.7. The lowest BCUT2D eigenvalue weighted by molar-refractivity contribution is -0.137. The number of hydrogen-bond acceptors (Lipinski definition) is 7. The minimum Gasteiger partial charge on any atom is -0.494 e. The van der Waals surface area contributed by atoms with Crippen LogP contribution in [0.2, 0.25) is 0 Å². The molecule has 12 heteroatoms. The fraction of sp³-hybridized carbons (Fsp3) is 0.368. The summed E-state index contributed by atoms with van der Waals surface area (Å²) in [7, 11) is 0. The Bertz CT molecular complexity index is 873. The van der Waals surface area contributed by atoms with Crippen molar-refractivity contribution in [1.82, 2.24) is 0 Å². The van der Waals surface area contributed by atoms with Crippen LogP contribution in [0, 0.1) is 10.7 Å². The number of hydrogen-bond donors (Lipinski definition) is 2. The van der Waals surface area contributed by atoms with Gasteiger partial charge >= 0.3 is 11.9 Å². The van der Waals surface area contributed by atoms with E-state index in [1.165, 1.54) is 13.8 Å². The van der Waals surface area contributed by atoms with Crippen LogP contribution in [0.15, 0.2) is 11.8 Å². The number of ether oxygens (including phenoxy) is 3. The molecule has 2 N–H and O–H groups in total. The topological polar surface area (TPSA) is 120 Å². The molecule has 0 spiro atoms. The zero-order valence-electron chi connectivity index (χ0n) is 17.2. The first kappa shape index (κ1) is 27.9. The third kappa shape index (κ3) is 8.36. The maximum atomic E-state index is 12.9. The first-order valence-corrected chi connectivity index (χ1v) is 12.2. The molecule has 2 amide bonds. The second kappa shape index (κ2) is 13.4. The molecule has 0 atom stereocenters. The van der Waals surface area contributed by atoms with Gasteiger partial charge in [-0.05, 0) is 81.6 Å². The van der Waals surface area contributed by atoms with Crippen LogP contribution in [0.1, 0.15) is 38.1 Å². The van der Waals surface area contributed by atoms with E-state index in [1.807, 2.05) is 67.8 Å². The summed E-state index contributed by atoms with van der Waals surface area (Å²) >= 11 is 5.87. The second-order valence-electron chi connectivity index (χ2n) is 5.80. The van der Waals surface area contributed by atoms with E-state index in [0.717, 1.165) is 6.08 Å². The van der Waals surface area contributed by atoms with Gasteiger partial charge in [0.2, 0.25) is 11.8 Å². The number of rotatable bonds is 9. The summed E-state index contributed by atoms with van der Waals surface area (Å²) in [6.45, 7) is 6.25. The molecular formula is C19H21I3N2O7. The summed E-state index contributed by atoms with van der Waals surface area (Å²) in [5, 5.41) is 5.38. The third-order valence-electron chi connectivity index (χ3n) is 3.36. The number of esters is 2. The lowest BCUT2D eigenvalue weighted by atomic mass is 10.1. The molecule has 0 fully saturated rings. The van der Waals surface area contributed by atoms with Crippen LogP contribution in [0.3, 0.4) is 0 Å². The molecule has 0 aliphatic heterocycles. The maximum Gasteiger partial charge on any atom is 0.340 e. The Morgan fingerprint density at radius 3 is 1.71 bits per heavy atom. The first-order chi connectivity index (χ1) is 14.5. The largest absolute Gasteiger partial charge is 0.494 e. The van der Waals surface area contributed by atoms with Crippen molar-refractivity contribution in [2.75, 3.05) is 30.5 Å². The Balaban J connectivity index is 3.35. The minimum absolute atomic E-state index is 0.133. The summed E-state index contributed by atoms with van der Waals surface area (Å²) in [6, 6.07) is 0. The lowest BCUT2D eigenvalue weighted by Crippen LogP contribution is -2.20. The third-order valence-corrected chi connectivity index (χ3v) is 6.60. The molecule has 0 aliphatic carbocycles. The van der Waals surface area contributed by atoms with Gasteiger partial charge in [-0.2, -0.15) is 0 Å². The van der Waals surface area contributed by atoms with Crippen molar-refractivity contribution in [2.45, 2.75) is 27.7 Å². The zero-order chi connectivity index (χ0) is 23.7. The van der Waals surface area contributed by atoms with Gasteiger partial charge < -0.3 is 24.8 Å². The molecule has 0 unspecified atom stereocenters. The van der Waals surface area contributed by atoms with E-state index in [2.05, 4.69) is 10.6 Å². The maximum absolute atomic E-state index is 12.9. The summed E-state index contributed by atoms with van der Waals surface area (Å²) in [4.78, 5) is 48.0. The van der Waals surface area contributed by atoms with Crippen LogP contribution < -0.4 is 10.6 Å². The van der Waals surface area contributed by atoms with Gasteiger partial charge in [-0.1, -0.05) is 0 Å². The van der Waals surface area contributed by atoms with E-state index in [1.54, 1.807) is 13.8 Å². The van der Waals surface area contributed by atoms with Gasteiger partial charge in [0.1, 0.15) is 12.4 Å². The fourth-order valence-corrected chi connectivity index (χ4v) is 6.40. The van der Waals surface area contributed by atoms with E-state index in [9.17, 15) is 19.2 Å². The molecule has 0 aliphatic rings. The number of carbonyl (C=O) groups is 4. The number of nitrogens with one attached hydrogen (secondary N) is 2. The number of carbonyl (C=O) groups excluding carboxylic acids is 4. The molecular weight excluding hydrogens is 749 g/mol. The Morgan fingerprint density at radius 2 is 1.29 bits per heavy atom. The minimum atomic E-state index is -0.710. The van der Waals surface area contributed by atoms with Crippen molar-refractivity contribution in [3.63, 3.8) is 0 Å². The van der Waals surface area contributed by atoms with Crippen LogP contribution in [0.4, 0.5) is 11.4 Å². The Kier molecular flexibility index (Phi) is 12.0. The SMILES string of the molecule is CCOC(=O)/C=C(/COC(=O)c1c(I)c(NC(C)=O)c(I)c(NC(C)=O)c1I)OCC. The van der Waals surface area contributed by atoms with Gasteiger partial charge in [0, 0.05) is 13.8 Å². The first-order valence-electron chi connectivity index (χ1n) is 8.96. The standard InChI is InChI=1S/C19H21I3N2O7/c1-5-29-11(7-12(27)30-6-2)8-31-19(28)13-14(20)17(23-9(3)25)16(22)18(15(13)21)24-10(4)26/h7H,5-6,8H2,1-4H3,(H,23,25)(H,24,26)/b11-7-. The van der Waals surface area contributed by atoms with Gasteiger partial charge in [-0.3, -0.25) is 9.59 Å². The van der Waals surface area contributed by atoms with Gasteiger partial charge in [-0.15, -0.1) is 0 Å². The highest BCUT2D eigenvalue weighted by Gasteiger charge is 2.27. The highest BCUT2D eigenvalue weighted by Crippen LogP contribution is 2.39. The van der Waals surface area contributed by atoms with Crippen molar-refractivity contribution in [2.24, 2.45) is 0 Å². The van der Waals surface area contributed by atoms with Gasteiger partial charge in [-0.25, -0.2) is 9.59 Å². The van der Waals surface area contributed by atoms with Crippen molar-refractivity contribution < 1.29 is 33.4 Å². The van der Waals surface area contributed by atoms with E-state index < -0.39 is 11.9 Å². The number of halogens is 3. The molecule has 31 heavy (non-hydrogen) atoms. The smallest absolute Gasteiger partial charge is 0.340 e. The predicted molar refractivity (Wildman–Crippen MR) is 140 cm³/mol. The van der Waals surface area contributed by atoms with E-state index in [0.29, 0.717) is 22.1 Å². The summed E-state index contributed by atoms with van der Waals surface area (Å²) in [5.41, 5.74) is 0.940. The van der Waals surface area contributed by atoms with Crippen LogP contribution in [0.5, 0.6) is 0 Å². The van der Waals surface area contributed by atoms with Crippen LogP contribution in [0.25, 0.3) is 0 Å². The van der Waals surface area contributed by atoms with Crippen molar-refractivity contribution >= 4 is 103 Å². The average Bonchev–Trinajstić information content (AvgIpc) is 2.67. The Morgan fingerprint density at radius 1 is 0.806 bits per heavy atom. The van der Waals surface area contributed by atoms with Crippen molar-refractivity contribution in [3.8, 4) is 0 Å². The summed E-state index contributed by atoms with van der Waals surface area (Å²) < 4.78 is 17.0. The fourth-order valence-electron chi connectivity index (χ4n) is 2.25. The number of benzene rings is 1. The van der Waals surface area contributed by atoms with Gasteiger partial charge in [0.05, 0.1) is 46.9 Å². The van der Waals surface area contributed by atoms with E-state index in [-0.39, 0.29) is 43.0 Å². The molecule has 0 saturated carbocycles. The Labute approximate surface area is 220 Å².